The molecule has 1 N–H and O–H groups in total. The Hall–Kier alpha value is -1.64. The van der Waals surface area contributed by atoms with Crippen LogP contribution in [0.2, 0.25) is 0 Å². The average molecular weight is 178 g/mol. The smallest absolute Gasteiger partial charge is 0.132 e. The number of nitrogens with zero attached hydrogens (tertiary/aromatic N) is 1. The minimum Gasteiger partial charge on any atom is -0.347 e. The van der Waals surface area contributed by atoms with Crippen LogP contribution in [0.15, 0.2) is 35.8 Å². The zero-order valence-corrected chi connectivity index (χ0v) is 7.42. The molecule has 2 nitrogen and oxygen atoms in total. The molecule has 3 heteroatoms. The number of nitrogens with one attached hydrogen (secondary N) is 1. The number of rotatable bonds is 3. The van der Waals surface area contributed by atoms with Crippen molar-refractivity contribution in [3.8, 4) is 0 Å². The zero-order chi connectivity index (χ0) is 9.68. The van der Waals surface area contributed by atoms with Gasteiger partial charge in [0.05, 0.1) is 6.34 Å². The Morgan fingerprint density at radius 3 is 2.85 bits per heavy atom. The molecule has 0 amide bonds. The van der Waals surface area contributed by atoms with E-state index in [9.17, 15) is 4.39 Å². The molecular weight excluding hydrogens is 167 g/mol. The third kappa shape index (κ3) is 2.40. The molecule has 68 valence electrons. The Kier molecular flexibility index (Phi) is 3.20. The van der Waals surface area contributed by atoms with E-state index >= 15 is 0 Å². The van der Waals surface area contributed by atoms with Gasteiger partial charge in [0.2, 0.25) is 0 Å². The molecule has 0 aliphatic rings. The van der Waals surface area contributed by atoms with E-state index in [2.05, 4.69) is 16.9 Å². The highest BCUT2D eigenvalue weighted by Gasteiger charge is 2.02. The third-order valence-electron chi connectivity index (χ3n) is 1.57. The van der Waals surface area contributed by atoms with E-state index in [1.54, 1.807) is 25.2 Å². The summed E-state index contributed by atoms with van der Waals surface area (Å²) in [6, 6.07) is 6.45. The van der Waals surface area contributed by atoms with Gasteiger partial charge in [0, 0.05) is 18.3 Å². The molecule has 0 fully saturated rings. The average Bonchev–Trinajstić information content (AvgIpc) is 2.15. The van der Waals surface area contributed by atoms with Crippen molar-refractivity contribution in [3.63, 3.8) is 0 Å². The van der Waals surface area contributed by atoms with Crippen LogP contribution >= 0.6 is 0 Å². The van der Waals surface area contributed by atoms with E-state index in [-0.39, 0.29) is 5.82 Å². The molecule has 0 saturated carbocycles. The Morgan fingerprint density at radius 1 is 1.54 bits per heavy atom. The number of benzene rings is 1. The van der Waals surface area contributed by atoms with E-state index in [1.807, 2.05) is 0 Å². The second-order valence-electron chi connectivity index (χ2n) is 2.49. The van der Waals surface area contributed by atoms with E-state index in [0.29, 0.717) is 11.3 Å². The van der Waals surface area contributed by atoms with Gasteiger partial charge in [-0.15, -0.1) is 0 Å². The highest BCUT2D eigenvalue weighted by Crippen LogP contribution is 2.12. The van der Waals surface area contributed by atoms with Gasteiger partial charge in [0.25, 0.3) is 0 Å². The van der Waals surface area contributed by atoms with Gasteiger partial charge < -0.3 is 5.32 Å². The Labute approximate surface area is 76.8 Å². The summed E-state index contributed by atoms with van der Waals surface area (Å²) in [5, 5.41) is 2.76. The van der Waals surface area contributed by atoms with Gasteiger partial charge in [0.15, 0.2) is 0 Å². The van der Waals surface area contributed by atoms with Crippen LogP contribution < -0.4 is 5.32 Å². The minimum atomic E-state index is -0.287. The first-order valence-corrected chi connectivity index (χ1v) is 3.86. The summed E-state index contributed by atoms with van der Waals surface area (Å²) < 4.78 is 13.1. The maximum absolute atomic E-state index is 13.1. The predicted molar refractivity (Wildman–Crippen MR) is 53.0 cm³/mol. The summed E-state index contributed by atoms with van der Waals surface area (Å²) in [4.78, 5) is 3.71. The number of halogens is 1. The summed E-state index contributed by atoms with van der Waals surface area (Å²) in [7, 11) is 1.63. The zero-order valence-electron chi connectivity index (χ0n) is 7.42. The first-order chi connectivity index (χ1) is 6.25. The highest BCUT2D eigenvalue weighted by atomic mass is 19.1. The largest absolute Gasteiger partial charge is 0.347 e. The van der Waals surface area contributed by atoms with Crippen LogP contribution in [-0.4, -0.2) is 13.4 Å². The second-order valence-corrected chi connectivity index (χ2v) is 2.49. The van der Waals surface area contributed by atoms with Crippen LogP contribution in [0.1, 0.15) is 5.56 Å². The van der Waals surface area contributed by atoms with Crippen molar-refractivity contribution >= 4 is 12.0 Å². The monoisotopic (exact) mass is 178 g/mol. The van der Waals surface area contributed by atoms with Crippen molar-refractivity contribution < 1.29 is 4.39 Å². The van der Waals surface area contributed by atoms with Crippen molar-refractivity contribution in [1.29, 1.82) is 0 Å². The van der Waals surface area contributed by atoms with Crippen LogP contribution in [0.5, 0.6) is 0 Å². The number of hydrogen-bond acceptors (Lipinski definition) is 1. The Balaban J connectivity index is 2.83. The SMILES string of the molecule is C=C(NC=NC)c1ccccc1F. The fourth-order valence-corrected chi connectivity index (χ4v) is 0.926. The number of aliphatic imine (C=N–C) groups is 1. The van der Waals surface area contributed by atoms with Crippen LogP contribution in [0, 0.1) is 5.82 Å². The molecule has 0 saturated heterocycles. The van der Waals surface area contributed by atoms with Gasteiger partial charge in [-0.3, -0.25) is 4.99 Å². The van der Waals surface area contributed by atoms with Crippen molar-refractivity contribution in [2.45, 2.75) is 0 Å². The molecule has 1 aromatic rings. The van der Waals surface area contributed by atoms with Crippen molar-refractivity contribution in [3.05, 3.63) is 42.2 Å². The van der Waals surface area contributed by atoms with E-state index < -0.39 is 0 Å². The summed E-state index contributed by atoms with van der Waals surface area (Å²) in [5.74, 6) is -0.287. The van der Waals surface area contributed by atoms with Gasteiger partial charge in [-0.1, -0.05) is 18.7 Å². The summed E-state index contributed by atoms with van der Waals surface area (Å²) in [5.41, 5.74) is 0.964. The molecule has 0 aromatic heterocycles. The molecule has 0 spiro atoms. The quantitative estimate of drug-likeness (QED) is 0.556. The lowest BCUT2D eigenvalue weighted by atomic mass is 10.1. The van der Waals surface area contributed by atoms with Crippen molar-refractivity contribution in [2.24, 2.45) is 4.99 Å². The summed E-state index contributed by atoms with van der Waals surface area (Å²) in [6.45, 7) is 3.68. The first kappa shape index (κ1) is 9.45. The highest BCUT2D eigenvalue weighted by molar-refractivity contribution is 5.74. The normalized spacial score (nSPS) is 10.3. The van der Waals surface area contributed by atoms with Crippen molar-refractivity contribution in [2.75, 3.05) is 7.05 Å². The lowest BCUT2D eigenvalue weighted by Gasteiger charge is -2.05. The van der Waals surface area contributed by atoms with Crippen LogP contribution in [0.3, 0.4) is 0 Å². The molecule has 13 heavy (non-hydrogen) atoms. The third-order valence-corrected chi connectivity index (χ3v) is 1.57. The molecule has 0 bridgehead atoms. The fourth-order valence-electron chi connectivity index (χ4n) is 0.926. The molecule has 0 heterocycles. The lowest BCUT2D eigenvalue weighted by Crippen LogP contribution is -2.09. The van der Waals surface area contributed by atoms with Gasteiger partial charge in [-0.2, -0.15) is 0 Å². The van der Waals surface area contributed by atoms with Gasteiger partial charge in [-0.25, -0.2) is 4.39 Å². The molecular formula is C10H11FN2. The molecule has 0 radical (unpaired) electrons. The van der Waals surface area contributed by atoms with E-state index in [4.69, 9.17) is 0 Å². The summed E-state index contributed by atoms with van der Waals surface area (Å²) >= 11 is 0. The van der Waals surface area contributed by atoms with Crippen LogP contribution in [0.25, 0.3) is 5.70 Å². The lowest BCUT2D eigenvalue weighted by molar-refractivity contribution is 0.623. The first-order valence-electron chi connectivity index (χ1n) is 3.86. The molecule has 1 rings (SSSR count). The molecule has 0 unspecified atom stereocenters. The molecule has 1 aromatic carbocycles. The fraction of sp³-hybridized carbons (Fsp3) is 0.100. The van der Waals surface area contributed by atoms with Crippen LogP contribution in [-0.2, 0) is 0 Å². The molecule has 0 atom stereocenters. The number of hydrogen-bond donors (Lipinski definition) is 1. The maximum atomic E-state index is 13.1. The summed E-state index contributed by atoms with van der Waals surface area (Å²) in [6.07, 6.45) is 1.47. The van der Waals surface area contributed by atoms with Gasteiger partial charge >= 0.3 is 0 Å². The Morgan fingerprint density at radius 2 is 2.23 bits per heavy atom. The van der Waals surface area contributed by atoms with Crippen molar-refractivity contribution in [1.82, 2.24) is 5.32 Å². The molecule has 0 aliphatic heterocycles. The van der Waals surface area contributed by atoms with E-state index in [1.165, 1.54) is 12.4 Å². The van der Waals surface area contributed by atoms with E-state index in [0.717, 1.165) is 0 Å². The predicted octanol–water partition coefficient (Wildman–Crippen LogP) is 2.04. The van der Waals surface area contributed by atoms with Crippen LogP contribution in [0.4, 0.5) is 4.39 Å². The maximum Gasteiger partial charge on any atom is 0.132 e. The Bertz CT molecular complexity index is 331. The van der Waals surface area contributed by atoms with Gasteiger partial charge in [0.1, 0.15) is 5.82 Å². The second kappa shape index (κ2) is 4.40. The molecule has 0 aliphatic carbocycles. The standard InChI is InChI=1S/C10H11FN2/c1-8(13-7-12-2)9-5-3-4-6-10(9)11/h3-7H,1H2,2H3,(H,12,13). The van der Waals surface area contributed by atoms with Gasteiger partial charge in [-0.05, 0) is 12.1 Å². The topological polar surface area (TPSA) is 24.4 Å². The minimum absolute atomic E-state index is 0.287.